The topological polar surface area (TPSA) is 142 Å². The third kappa shape index (κ3) is 4.65. The third-order valence-corrected chi connectivity index (χ3v) is 8.13. The number of nitrogens with zero attached hydrogens (tertiary/aromatic N) is 4. The number of hydrogen-bond acceptors (Lipinski definition) is 8. The van der Waals surface area contributed by atoms with Crippen molar-refractivity contribution in [1.82, 2.24) is 19.4 Å². The minimum atomic E-state index is -0.666. The number of rotatable bonds is 8. The molecule has 2 aromatic heterocycles. The maximum absolute atomic E-state index is 11.8. The van der Waals surface area contributed by atoms with E-state index in [9.17, 15) is 9.90 Å². The molecule has 0 radical (unpaired) electrons. The largest absolute Gasteiger partial charge is 0.489 e. The highest BCUT2D eigenvalue weighted by Gasteiger charge is 2.41. The van der Waals surface area contributed by atoms with Crippen molar-refractivity contribution in [1.29, 1.82) is 0 Å². The number of aliphatic hydroxyl groups is 1. The molecule has 3 aromatic rings. The molecule has 37 heavy (non-hydrogen) atoms. The minimum absolute atomic E-state index is 0.118. The molecule has 1 aromatic carbocycles. The van der Waals surface area contributed by atoms with Gasteiger partial charge in [0.25, 0.3) is 0 Å². The van der Waals surface area contributed by atoms with Gasteiger partial charge in [0, 0.05) is 49.1 Å². The van der Waals surface area contributed by atoms with Gasteiger partial charge in [-0.05, 0) is 55.7 Å². The Morgan fingerprint density at radius 2 is 2.14 bits per heavy atom. The average molecular weight is 507 g/mol. The maximum Gasteiger partial charge on any atom is 0.237 e. The van der Waals surface area contributed by atoms with Crippen molar-refractivity contribution in [3.8, 4) is 16.9 Å². The van der Waals surface area contributed by atoms with E-state index in [1.54, 1.807) is 6.33 Å². The summed E-state index contributed by atoms with van der Waals surface area (Å²) in [7, 11) is 0. The van der Waals surface area contributed by atoms with Crippen molar-refractivity contribution in [2.45, 2.75) is 56.4 Å². The number of benzene rings is 1. The van der Waals surface area contributed by atoms with Crippen LogP contribution in [0.25, 0.3) is 22.2 Å². The SMILES string of the molecule is NC(=O)[C@@H]1[C@@H](O)CCN1C[C@H]1C[C@H](n2cc(-c3ccc(N)c(OCC4CCCO4)c3)c3cncnc32)C1. The average Bonchev–Trinajstić information content (AvgIpc) is 3.60. The summed E-state index contributed by atoms with van der Waals surface area (Å²) in [6.45, 7) is 2.75. The molecule has 3 atom stereocenters. The lowest BCUT2D eigenvalue weighted by Gasteiger charge is -2.39. The van der Waals surface area contributed by atoms with Crippen LogP contribution in [0.4, 0.5) is 5.69 Å². The fourth-order valence-corrected chi connectivity index (χ4v) is 6.10. The molecule has 10 nitrogen and oxygen atoms in total. The number of aromatic nitrogens is 3. The maximum atomic E-state index is 11.8. The fourth-order valence-electron chi connectivity index (χ4n) is 6.10. The number of nitrogen functional groups attached to an aromatic ring is 1. The number of anilines is 1. The zero-order valence-corrected chi connectivity index (χ0v) is 20.8. The highest BCUT2D eigenvalue weighted by atomic mass is 16.5. The number of nitrogens with two attached hydrogens (primary N) is 2. The molecule has 3 aliphatic rings. The van der Waals surface area contributed by atoms with Gasteiger partial charge in [-0.15, -0.1) is 0 Å². The van der Waals surface area contributed by atoms with E-state index in [0.717, 1.165) is 61.0 Å². The Kier molecular flexibility index (Phi) is 6.48. The zero-order valence-electron chi connectivity index (χ0n) is 20.8. The molecule has 10 heteroatoms. The Labute approximate surface area is 215 Å². The lowest BCUT2D eigenvalue weighted by atomic mass is 9.79. The van der Waals surface area contributed by atoms with Crippen LogP contribution in [0.1, 0.15) is 38.1 Å². The molecule has 4 heterocycles. The van der Waals surface area contributed by atoms with Gasteiger partial charge in [0.15, 0.2) is 0 Å². The first-order valence-electron chi connectivity index (χ1n) is 13.1. The van der Waals surface area contributed by atoms with Crippen molar-refractivity contribution in [3.63, 3.8) is 0 Å². The molecule has 196 valence electrons. The Hall–Kier alpha value is -3.21. The predicted octanol–water partition coefficient (Wildman–Crippen LogP) is 2.11. The number of ether oxygens (including phenoxy) is 2. The van der Waals surface area contributed by atoms with Gasteiger partial charge < -0.3 is 30.6 Å². The van der Waals surface area contributed by atoms with E-state index in [0.29, 0.717) is 43.0 Å². The fraction of sp³-hybridized carbons (Fsp3) is 0.519. The van der Waals surface area contributed by atoms with Crippen LogP contribution in [0, 0.1) is 5.92 Å². The summed E-state index contributed by atoms with van der Waals surface area (Å²) in [5.41, 5.74) is 15.3. The standard InChI is InChI=1S/C27H34N6O4/c28-22-4-3-17(10-24(22)37-14-19-2-1-7-36-19)21-13-33(27-20(21)11-30-15-31-27)18-8-16(9-18)12-32-6-5-23(34)25(32)26(29)35/h3-4,10-11,13,15-16,18-19,23,25,34H,1-2,5-9,12,14,28H2,(H2,29,35)/t16-,18-,19?,23-,25-/m0/s1. The molecule has 5 N–H and O–H groups in total. The van der Waals surface area contributed by atoms with E-state index in [1.807, 2.05) is 29.3 Å². The lowest BCUT2D eigenvalue weighted by Crippen LogP contribution is -2.48. The molecule has 2 aliphatic heterocycles. The Morgan fingerprint density at radius 1 is 1.27 bits per heavy atom. The Morgan fingerprint density at radius 3 is 2.92 bits per heavy atom. The van der Waals surface area contributed by atoms with Gasteiger partial charge >= 0.3 is 0 Å². The van der Waals surface area contributed by atoms with Crippen LogP contribution in [0.3, 0.4) is 0 Å². The van der Waals surface area contributed by atoms with Crippen LogP contribution < -0.4 is 16.2 Å². The summed E-state index contributed by atoms with van der Waals surface area (Å²) >= 11 is 0. The molecule has 2 saturated heterocycles. The molecular weight excluding hydrogens is 472 g/mol. The molecule has 6 rings (SSSR count). The number of likely N-dealkylation sites (tertiary alicyclic amines) is 1. The number of primary amides is 1. The summed E-state index contributed by atoms with van der Waals surface area (Å²) in [5, 5.41) is 11.1. The van der Waals surface area contributed by atoms with Crippen molar-refractivity contribution < 1.29 is 19.4 Å². The summed E-state index contributed by atoms with van der Waals surface area (Å²) in [5.74, 6) is 0.654. The highest BCUT2D eigenvalue weighted by Crippen LogP contribution is 2.43. The summed E-state index contributed by atoms with van der Waals surface area (Å²) < 4.78 is 14.0. The normalized spacial score (nSPS) is 28.0. The number of amides is 1. The second-order valence-corrected chi connectivity index (χ2v) is 10.6. The quantitative estimate of drug-likeness (QED) is 0.395. The van der Waals surface area contributed by atoms with Crippen LogP contribution in [0.15, 0.2) is 36.9 Å². The van der Waals surface area contributed by atoms with E-state index < -0.39 is 18.1 Å². The smallest absolute Gasteiger partial charge is 0.237 e. The number of hydrogen-bond donors (Lipinski definition) is 3. The van der Waals surface area contributed by atoms with Crippen LogP contribution in [0.5, 0.6) is 5.75 Å². The van der Waals surface area contributed by atoms with Gasteiger partial charge in [-0.3, -0.25) is 9.69 Å². The van der Waals surface area contributed by atoms with Gasteiger partial charge in [-0.2, -0.15) is 0 Å². The van der Waals surface area contributed by atoms with Gasteiger partial charge in [0.1, 0.15) is 30.4 Å². The summed E-state index contributed by atoms with van der Waals surface area (Å²) in [4.78, 5) is 22.8. The molecular formula is C27H34N6O4. The van der Waals surface area contributed by atoms with E-state index in [1.165, 1.54) is 0 Å². The first-order valence-corrected chi connectivity index (χ1v) is 13.1. The summed E-state index contributed by atoms with van der Waals surface area (Å²) in [6.07, 6.45) is 9.66. The van der Waals surface area contributed by atoms with Crippen LogP contribution in [0.2, 0.25) is 0 Å². The van der Waals surface area contributed by atoms with E-state index in [-0.39, 0.29) is 6.10 Å². The van der Waals surface area contributed by atoms with Gasteiger partial charge in [-0.1, -0.05) is 6.07 Å². The third-order valence-electron chi connectivity index (χ3n) is 8.13. The van der Waals surface area contributed by atoms with E-state index >= 15 is 0 Å². The summed E-state index contributed by atoms with van der Waals surface area (Å²) in [6, 6.07) is 5.61. The lowest BCUT2D eigenvalue weighted by molar-refractivity contribution is -0.125. The predicted molar refractivity (Wildman–Crippen MR) is 139 cm³/mol. The zero-order chi connectivity index (χ0) is 25.5. The van der Waals surface area contributed by atoms with Gasteiger partial charge in [0.05, 0.1) is 17.9 Å². The van der Waals surface area contributed by atoms with Gasteiger partial charge in [0.2, 0.25) is 5.91 Å². The molecule has 1 amide bonds. The Bertz CT molecular complexity index is 1280. The molecule has 3 fully saturated rings. The van der Waals surface area contributed by atoms with E-state index in [2.05, 4.69) is 20.7 Å². The minimum Gasteiger partial charge on any atom is -0.489 e. The van der Waals surface area contributed by atoms with Crippen molar-refractivity contribution in [3.05, 3.63) is 36.9 Å². The number of carbonyl (C=O) groups excluding carboxylic acids is 1. The second kappa shape index (κ2) is 9.92. The molecule has 0 spiro atoms. The number of fused-ring (bicyclic) bond motifs is 1. The van der Waals surface area contributed by atoms with Crippen LogP contribution >= 0.6 is 0 Å². The monoisotopic (exact) mass is 506 g/mol. The molecule has 0 bridgehead atoms. The van der Waals surface area contributed by atoms with Crippen molar-refractivity contribution in [2.24, 2.45) is 11.7 Å². The van der Waals surface area contributed by atoms with Crippen LogP contribution in [-0.4, -0.2) is 75.0 Å². The molecule has 1 unspecified atom stereocenters. The number of carbonyl (C=O) groups is 1. The first-order chi connectivity index (χ1) is 18.0. The van der Waals surface area contributed by atoms with Gasteiger partial charge in [-0.25, -0.2) is 9.97 Å². The first kappa shape index (κ1) is 24.1. The van der Waals surface area contributed by atoms with Crippen molar-refractivity contribution >= 4 is 22.6 Å². The molecule has 1 aliphatic carbocycles. The highest BCUT2D eigenvalue weighted by molar-refractivity contribution is 5.94. The molecule has 1 saturated carbocycles. The number of aliphatic hydroxyl groups excluding tert-OH is 1. The van der Waals surface area contributed by atoms with Crippen molar-refractivity contribution in [2.75, 3.05) is 32.0 Å². The Balaban J connectivity index is 1.20. The van der Waals surface area contributed by atoms with E-state index in [4.69, 9.17) is 20.9 Å². The second-order valence-electron chi connectivity index (χ2n) is 10.6. The van der Waals surface area contributed by atoms with Crippen LogP contribution in [-0.2, 0) is 9.53 Å².